The summed E-state index contributed by atoms with van der Waals surface area (Å²) in [6.45, 7) is 3.50. The van der Waals surface area contributed by atoms with Gasteiger partial charge in [-0.05, 0) is 67.5 Å². The Hall–Kier alpha value is -4.69. The number of nitrogens with zero attached hydrogens (tertiary/aromatic N) is 4. The molecule has 4 aromatic rings. The Morgan fingerprint density at radius 2 is 1.76 bits per heavy atom. The minimum Gasteiger partial charge on any atom is -0.378 e. The zero-order chi connectivity index (χ0) is 36.0. The number of ether oxygens (including phenoxy) is 1. The molecule has 51 heavy (non-hydrogen) atoms. The molecule has 3 saturated heterocycles. The summed E-state index contributed by atoms with van der Waals surface area (Å²) < 4.78 is 37.3. The van der Waals surface area contributed by atoms with Gasteiger partial charge in [0, 0.05) is 36.6 Å². The number of aromatic nitrogens is 1. The Bertz CT molecular complexity index is 2090. The minimum absolute atomic E-state index is 0.0554. The summed E-state index contributed by atoms with van der Waals surface area (Å²) in [5.41, 5.74) is 1.52. The molecule has 1 aromatic heterocycles. The Balaban J connectivity index is 1.21. The van der Waals surface area contributed by atoms with E-state index in [1.165, 1.54) is 29.2 Å². The molecule has 0 bridgehead atoms. The number of hydrogen-bond acceptors (Lipinski definition) is 8. The van der Waals surface area contributed by atoms with Gasteiger partial charge in [-0.1, -0.05) is 28.9 Å². The first-order valence-electron chi connectivity index (χ1n) is 16.8. The van der Waals surface area contributed by atoms with Gasteiger partial charge in [0.1, 0.15) is 17.9 Å². The zero-order valence-corrected chi connectivity index (χ0v) is 28.7. The highest BCUT2D eigenvalue weighted by Gasteiger charge is 2.47. The monoisotopic (exact) mass is 721 g/mol. The number of aryl methyl sites for hydroxylation is 1. The summed E-state index contributed by atoms with van der Waals surface area (Å²) in [6.07, 6.45) is 0.696. The second kappa shape index (κ2) is 13.8. The molecule has 3 fully saturated rings. The third-order valence-corrected chi connectivity index (χ3v) is 10.6. The molecule has 3 aliphatic rings. The van der Waals surface area contributed by atoms with Gasteiger partial charge in [-0.2, -0.15) is 0 Å². The first-order valence-corrected chi connectivity index (χ1v) is 18.6. The van der Waals surface area contributed by atoms with Crippen molar-refractivity contribution >= 4 is 53.0 Å². The van der Waals surface area contributed by atoms with Crippen LogP contribution >= 0.6 is 7.60 Å². The van der Waals surface area contributed by atoms with Crippen LogP contribution in [0.5, 0.6) is 0 Å². The van der Waals surface area contributed by atoms with Crippen molar-refractivity contribution in [3.8, 4) is 0 Å². The SMILES string of the molecule is Cc1ccc2onc(C(=O)N3CC[C@H]4CC[C@@H](C(=O)N5CCOCC5)N4C(=O)[C@@H](NC(=O)c4ccc5c(F)cc(CP(=O)(O)O)cc5c4)C3)c2c1. The molecule has 16 heteroatoms. The fourth-order valence-electron chi connectivity index (χ4n) is 7.35. The number of rotatable bonds is 6. The lowest BCUT2D eigenvalue weighted by atomic mass is 10.0. The number of amides is 4. The van der Waals surface area contributed by atoms with E-state index < -0.39 is 49.4 Å². The fraction of sp³-hybridized carbons (Fsp3) is 0.400. The molecule has 0 aliphatic carbocycles. The van der Waals surface area contributed by atoms with Gasteiger partial charge < -0.3 is 39.1 Å². The number of hydrogen-bond donors (Lipinski definition) is 3. The van der Waals surface area contributed by atoms with Gasteiger partial charge in [0.2, 0.25) is 11.8 Å². The van der Waals surface area contributed by atoms with E-state index in [1.54, 1.807) is 21.9 Å². The van der Waals surface area contributed by atoms with Crippen molar-refractivity contribution in [1.82, 2.24) is 25.2 Å². The molecule has 7 rings (SSSR count). The lowest BCUT2D eigenvalue weighted by Crippen LogP contribution is -2.61. The maximum atomic E-state index is 14.9. The van der Waals surface area contributed by atoms with E-state index in [4.69, 9.17) is 9.26 Å². The summed E-state index contributed by atoms with van der Waals surface area (Å²) in [4.78, 5) is 79.7. The van der Waals surface area contributed by atoms with Crippen LogP contribution in [0, 0.1) is 12.7 Å². The number of fused-ring (bicyclic) bond motifs is 3. The first-order chi connectivity index (χ1) is 24.4. The largest absolute Gasteiger partial charge is 0.378 e. The van der Waals surface area contributed by atoms with Crippen molar-refractivity contribution in [2.45, 2.75) is 50.5 Å². The summed E-state index contributed by atoms with van der Waals surface area (Å²) in [7, 11) is -4.50. The van der Waals surface area contributed by atoms with Crippen molar-refractivity contribution in [3.63, 3.8) is 0 Å². The normalized spacial score (nSPS) is 21.5. The average Bonchev–Trinajstić information content (AvgIpc) is 3.71. The lowest BCUT2D eigenvalue weighted by Gasteiger charge is -2.40. The Morgan fingerprint density at radius 3 is 2.53 bits per heavy atom. The average molecular weight is 722 g/mol. The van der Waals surface area contributed by atoms with Crippen LogP contribution in [0.2, 0.25) is 0 Å². The van der Waals surface area contributed by atoms with Crippen LogP contribution in [0.4, 0.5) is 4.39 Å². The molecule has 3 aromatic carbocycles. The van der Waals surface area contributed by atoms with E-state index in [0.29, 0.717) is 56.5 Å². The molecular formula is C35H37FN5O9P. The molecule has 4 amide bonds. The van der Waals surface area contributed by atoms with Gasteiger partial charge in [0.05, 0.1) is 31.3 Å². The summed E-state index contributed by atoms with van der Waals surface area (Å²) >= 11 is 0. The van der Waals surface area contributed by atoms with Crippen LogP contribution in [0.25, 0.3) is 21.7 Å². The number of nitrogens with one attached hydrogen (secondary N) is 1. The molecular weight excluding hydrogens is 684 g/mol. The van der Waals surface area contributed by atoms with Gasteiger partial charge in [-0.25, -0.2) is 4.39 Å². The van der Waals surface area contributed by atoms with E-state index in [1.807, 2.05) is 13.0 Å². The molecule has 3 aliphatic heterocycles. The third kappa shape index (κ3) is 7.11. The predicted octanol–water partition coefficient (Wildman–Crippen LogP) is 2.97. The molecule has 0 spiro atoms. The first kappa shape index (κ1) is 34.7. The van der Waals surface area contributed by atoms with E-state index in [2.05, 4.69) is 10.5 Å². The van der Waals surface area contributed by atoms with Crippen molar-refractivity contribution < 1.29 is 47.2 Å². The third-order valence-electron chi connectivity index (χ3n) is 9.83. The Labute approximate surface area is 291 Å². The highest BCUT2D eigenvalue weighted by atomic mass is 31.2. The second-order valence-corrected chi connectivity index (χ2v) is 15.0. The highest BCUT2D eigenvalue weighted by Crippen LogP contribution is 2.40. The van der Waals surface area contributed by atoms with Crippen LogP contribution < -0.4 is 5.32 Å². The fourth-order valence-corrected chi connectivity index (χ4v) is 8.01. The van der Waals surface area contributed by atoms with Gasteiger partial charge in [-0.3, -0.25) is 23.7 Å². The van der Waals surface area contributed by atoms with Gasteiger partial charge in [0.15, 0.2) is 11.3 Å². The Kier molecular flexibility index (Phi) is 9.40. The Morgan fingerprint density at radius 1 is 0.980 bits per heavy atom. The minimum atomic E-state index is -4.50. The van der Waals surface area contributed by atoms with E-state index in [-0.39, 0.29) is 52.6 Å². The van der Waals surface area contributed by atoms with Gasteiger partial charge in [-0.15, -0.1) is 0 Å². The van der Waals surface area contributed by atoms with Gasteiger partial charge >= 0.3 is 7.60 Å². The molecule has 4 heterocycles. The number of benzene rings is 3. The van der Waals surface area contributed by atoms with Crippen LogP contribution in [0.15, 0.2) is 53.1 Å². The predicted molar refractivity (Wildman–Crippen MR) is 181 cm³/mol. The van der Waals surface area contributed by atoms with E-state index >= 15 is 0 Å². The molecule has 3 atom stereocenters. The highest BCUT2D eigenvalue weighted by molar-refractivity contribution is 7.50. The van der Waals surface area contributed by atoms with Crippen molar-refractivity contribution in [3.05, 3.63) is 76.7 Å². The quantitative estimate of drug-likeness (QED) is 0.251. The summed E-state index contributed by atoms with van der Waals surface area (Å²) in [6, 6.07) is 9.56. The maximum absolute atomic E-state index is 14.9. The van der Waals surface area contributed by atoms with Crippen LogP contribution in [0.1, 0.15) is 51.2 Å². The molecule has 14 nitrogen and oxygen atoms in total. The maximum Gasteiger partial charge on any atom is 0.329 e. The summed E-state index contributed by atoms with van der Waals surface area (Å²) in [5, 5.41) is 7.72. The second-order valence-electron chi connectivity index (χ2n) is 13.4. The zero-order valence-electron chi connectivity index (χ0n) is 27.8. The van der Waals surface area contributed by atoms with Crippen LogP contribution in [0.3, 0.4) is 0 Å². The molecule has 0 saturated carbocycles. The molecule has 0 unspecified atom stereocenters. The van der Waals surface area contributed by atoms with E-state index in [9.17, 15) is 37.9 Å². The van der Waals surface area contributed by atoms with Crippen LogP contribution in [-0.4, -0.2) is 111 Å². The van der Waals surface area contributed by atoms with Crippen molar-refractivity contribution in [1.29, 1.82) is 0 Å². The molecule has 268 valence electrons. The smallest absolute Gasteiger partial charge is 0.329 e. The number of carbonyl (C=O) groups is 4. The number of halogens is 1. The topological polar surface area (TPSA) is 183 Å². The van der Waals surface area contributed by atoms with Gasteiger partial charge in [0.25, 0.3) is 11.8 Å². The van der Waals surface area contributed by atoms with E-state index in [0.717, 1.165) is 11.6 Å². The molecule has 3 N–H and O–H groups in total. The van der Waals surface area contributed by atoms with Crippen molar-refractivity contribution in [2.75, 3.05) is 39.4 Å². The van der Waals surface area contributed by atoms with Crippen molar-refractivity contribution in [2.24, 2.45) is 0 Å². The molecule has 0 radical (unpaired) electrons. The van der Waals surface area contributed by atoms with Crippen LogP contribution in [-0.2, 0) is 25.1 Å². The standard InChI is InChI=1S/C35H37FN5O9P/c1-20-2-7-30-26(14-20)31(38-50-30)35(45)40-9-8-24-4-6-29(34(44)39-10-12-49-13-11-39)41(24)33(43)28(18-40)37-32(42)22-3-5-25-23(17-22)15-21(16-27(25)36)19-51(46,47)48/h2-3,5,7,14-17,24,28-29H,4,6,8-13,18-19H2,1H3,(H,37,42)(H2,46,47,48)/t24-,28+,29+/m1/s1. The summed E-state index contributed by atoms with van der Waals surface area (Å²) in [5.74, 6) is -2.57. The number of carbonyl (C=O) groups excluding carboxylic acids is 4. The number of morpholine rings is 1. The lowest BCUT2D eigenvalue weighted by molar-refractivity contribution is -0.149.